The van der Waals surface area contributed by atoms with Crippen molar-refractivity contribution in [2.24, 2.45) is 5.84 Å². The van der Waals surface area contributed by atoms with Crippen LogP contribution in [0.3, 0.4) is 0 Å². The maximum Gasteiger partial charge on any atom is 0.180 e. The molecule has 0 bridgehead atoms. The van der Waals surface area contributed by atoms with Crippen molar-refractivity contribution in [2.75, 3.05) is 5.43 Å². The first-order valence-corrected chi connectivity index (χ1v) is 7.05. The van der Waals surface area contributed by atoms with Crippen LogP contribution >= 0.6 is 15.9 Å². The van der Waals surface area contributed by atoms with Gasteiger partial charge >= 0.3 is 0 Å². The van der Waals surface area contributed by atoms with Crippen molar-refractivity contribution in [3.63, 3.8) is 0 Å². The zero-order valence-electron chi connectivity index (χ0n) is 10.4. The topological polar surface area (TPSA) is 76.7 Å². The molecule has 0 unspecified atom stereocenters. The van der Waals surface area contributed by atoms with Gasteiger partial charge in [-0.05, 0) is 53.7 Å². The van der Waals surface area contributed by atoms with Crippen molar-refractivity contribution < 1.29 is 0 Å². The van der Waals surface area contributed by atoms with Gasteiger partial charge in [0.05, 0.1) is 0 Å². The quantitative estimate of drug-likeness (QED) is 0.657. The predicted molar refractivity (Wildman–Crippen MR) is 77.4 cm³/mol. The van der Waals surface area contributed by atoms with E-state index in [0.29, 0.717) is 5.82 Å². The van der Waals surface area contributed by atoms with Crippen LogP contribution in [0, 0.1) is 0 Å². The minimum atomic E-state index is 0.626. The molecule has 0 saturated heterocycles. The molecule has 3 rings (SSSR count). The molecule has 0 aliphatic heterocycles. The van der Waals surface area contributed by atoms with E-state index in [1.807, 2.05) is 12.1 Å². The summed E-state index contributed by atoms with van der Waals surface area (Å²) in [6, 6.07) is 3.83. The summed E-state index contributed by atoms with van der Waals surface area (Å²) in [7, 11) is 0. The second-order valence-electron chi connectivity index (χ2n) is 4.53. The average molecular weight is 320 g/mol. The van der Waals surface area contributed by atoms with Crippen LogP contribution in [0.2, 0.25) is 0 Å². The number of nitrogens with two attached hydrogens (primary N) is 1. The van der Waals surface area contributed by atoms with Crippen LogP contribution in [-0.4, -0.2) is 15.0 Å². The number of aryl methyl sites for hydroxylation is 1. The first-order chi connectivity index (χ1) is 9.28. The standard InChI is InChI=1S/C13H14BrN5/c14-8-5-6-11(16-7-8)13-17-10-4-2-1-3-9(10)12(18-13)19-15/h5-7H,1-4,15H2,(H,17,18,19). The lowest BCUT2D eigenvalue weighted by atomic mass is 9.96. The molecule has 2 heterocycles. The highest BCUT2D eigenvalue weighted by Gasteiger charge is 2.18. The van der Waals surface area contributed by atoms with Crippen molar-refractivity contribution in [2.45, 2.75) is 25.7 Å². The summed E-state index contributed by atoms with van der Waals surface area (Å²) in [4.78, 5) is 13.4. The van der Waals surface area contributed by atoms with Gasteiger partial charge in [-0.3, -0.25) is 4.98 Å². The molecule has 0 amide bonds. The monoisotopic (exact) mass is 319 g/mol. The molecule has 0 spiro atoms. The molecule has 3 N–H and O–H groups in total. The zero-order chi connectivity index (χ0) is 13.2. The summed E-state index contributed by atoms with van der Waals surface area (Å²) in [6.45, 7) is 0. The number of anilines is 1. The van der Waals surface area contributed by atoms with Crippen molar-refractivity contribution in [1.29, 1.82) is 0 Å². The molecule has 19 heavy (non-hydrogen) atoms. The maximum atomic E-state index is 5.58. The molecule has 2 aromatic rings. The second-order valence-corrected chi connectivity index (χ2v) is 5.45. The summed E-state index contributed by atoms with van der Waals surface area (Å²) in [6.07, 6.45) is 6.05. The predicted octanol–water partition coefficient (Wildman–Crippen LogP) is 2.47. The number of nitrogens with zero attached hydrogens (tertiary/aromatic N) is 3. The van der Waals surface area contributed by atoms with Crippen LogP contribution in [0.5, 0.6) is 0 Å². The highest BCUT2D eigenvalue weighted by atomic mass is 79.9. The van der Waals surface area contributed by atoms with Gasteiger partial charge in [-0.15, -0.1) is 0 Å². The molecule has 0 saturated carbocycles. The Kier molecular flexibility index (Phi) is 3.44. The minimum Gasteiger partial charge on any atom is -0.308 e. The number of rotatable bonds is 2. The first kappa shape index (κ1) is 12.5. The van der Waals surface area contributed by atoms with Gasteiger partial charge in [0.25, 0.3) is 0 Å². The number of nitrogen functional groups attached to an aromatic ring is 1. The molecule has 0 radical (unpaired) electrons. The lowest BCUT2D eigenvalue weighted by molar-refractivity contribution is 0.664. The molecule has 1 aliphatic rings. The highest BCUT2D eigenvalue weighted by Crippen LogP contribution is 2.27. The van der Waals surface area contributed by atoms with E-state index in [0.717, 1.165) is 40.1 Å². The SMILES string of the molecule is NNc1nc(-c2ccc(Br)cn2)nc2c1CCCC2. The van der Waals surface area contributed by atoms with E-state index in [1.165, 1.54) is 12.8 Å². The smallest absolute Gasteiger partial charge is 0.180 e. The van der Waals surface area contributed by atoms with Crippen LogP contribution in [0.4, 0.5) is 5.82 Å². The van der Waals surface area contributed by atoms with Crippen molar-refractivity contribution >= 4 is 21.7 Å². The van der Waals surface area contributed by atoms with Gasteiger partial charge in [-0.1, -0.05) is 0 Å². The van der Waals surface area contributed by atoms with Crippen LogP contribution < -0.4 is 11.3 Å². The normalized spacial score (nSPS) is 14.0. The van der Waals surface area contributed by atoms with Gasteiger partial charge in [0.1, 0.15) is 11.5 Å². The number of aromatic nitrogens is 3. The van der Waals surface area contributed by atoms with E-state index in [9.17, 15) is 0 Å². The number of hydrogen-bond acceptors (Lipinski definition) is 5. The van der Waals surface area contributed by atoms with E-state index in [4.69, 9.17) is 5.84 Å². The van der Waals surface area contributed by atoms with Crippen LogP contribution in [0.1, 0.15) is 24.1 Å². The Labute approximate surface area is 119 Å². The van der Waals surface area contributed by atoms with Gasteiger partial charge in [0.15, 0.2) is 5.82 Å². The van der Waals surface area contributed by atoms with Crippen LogP contribution in [-0.2, 0) is 12.8 Å². The zero-order valence-corrected chi connectivity index (χ0v) is 11.9. The third-order valence-corrected chi connectivity index (χ3v) is 3.75. The van der Waals surface area contributed by atoms with E-state index >= 15 is 0 Å². The number of pyridine rings is 1. The Morgan fingerprint density at radius 2 is 2.00 bits per heavy atom. The lowest BCUT2D eigenvalue weighted by Gasteiger charge is -2.18. The molecule has 5 nitrogen and oxygen atoms in total. The molecule has 0 fully saturated rings. The van der Waals surface area contributed by atoms with Gasteiger partial charge in [-0.25, -0.2) is 15.8 Å². The molecule has 6 heteroatoms. The number of halogens is 1. The molecule has 0 atom stereocenters. The number of hydrogen-bond donors (Lipinski definition) is 2. The average Bonchev–Trinajstić information content (AvgIpc) is 2.47. The fraction of sp³-hybridized carbons (Fsp3) is 0.308. The van der Waals surface area contributed by atoms with E-state index in [-0.39, 0.29) is 0 Å². The Hall–Kier alpha value is -1.53. The Morgan fingerprint density at radius 3 is 2.74 bits per heavy atom. The fourth-order valence-corrected chi connectivity index (χ4v) is 2.57. The highest BCUT2D eigenvalue weighted by molar-refractivity contribution is 9.10. The Morgan fingerprint density at radius 1 is 1.16 bits per heavy atom. The summed E-state index contributed by atoms with van der Waals surface area (Å²) in [5, 5.41) is 0. The van der Waals surface area contributed by atoms with Crippen LogP contribution in [0.25, 0.3) is 11.5 Å². The first-order valence-electron chi connectivity index (χ1n) is 6.26. The van der Waals surface area contributed by atoms with Gasteiger partial charge < -0.3 is 5.43 Å². The molecular formula is C13H14BrN5. The molecule has 98 valence electrons. The fourth-order valence-electron chi connectivity index (χ4n) is 2.34. The molecule has 2 aromatic heterocycles. The van der Waals surface area contributed by atoms with Crippen LogP contribution in [0.15, 0.2) is 22.8 Å². The minimum absolute atomic E-state index is 0.626. The molecule has 0 aromatic carbocycles. The number of fused-ring (bicyclic) bond motifs is 1. The lowest BCUT2D eigenvalue weighted by Crippen LogP contribution is -2.17. The van der Waals surface area contributed by atoms with Crippen molar-refractivity contribution in [1.82, 2.24) is 15.0 Å². The number of hydrazine groups is 1. The van der Waals surface area contributed by atoms with E-state index < -0.39 is 0 Å². The van der Waals surface area contributed by atoms with E-state index in [2.05, 4.69) is 36.3 Å². The van der Waals surface area contributed by atoms with Crippen molar-refractivity contribution in [3.05, 3.63) is 34.1 Å². The number of nitrogens with one attached hydrogen (secondary N) is 1. The Bertz CT molecular complexity index is 579. The summed E-state index contributed by atoms with van der Waals surface area (Å²) < 4.78 is 0.936. The largest absolute Gasteiger partial charge is 0.308 e. The molecular weight excluding hydrogens is 306 g/mol. The third-order valence-electron chi connectivity index (χ3n) is 3.28. The van der Waals surface area contributed by atoms with E-state index in [1.54, 1.807) is 6.20 Å². The molecule has 1 aliphatic carbocycles. The maximum absolute atomic E-state index is 5.58. The summed E-state index contributed by atoms with van der Waals surface area (Å²) in [5.41, 5.74) is 5.69. The third kappa shape index (κ3) is 2.46. The van der Waals surface area contributed by atoms with Gasteiger partial charge in [-0.2, -0.15) is 0 Å². The summed E-state index contributed by atoms with van der Waals surface area (Å²) in [5.74, 6) is 6.93. The second kappa shape index (κ2) is 5.22. The van der Waals surface area contributed by atoms with Gasteiger partial charge in [0, 0.05) is 21.9 Å². The summed E-state index contributed by atoms with van der Waals surface area (Å²) >= 11 is 3.37. The van der Waals surface area contributed by atoms with Gasteiger partial charge in [0.2, 0.25) is 0 Å². The Balaban J connectivity index is 2.09. The van der Waals surface area contributed by atoms with Crippen molar-refractivity contribution in [3.8, 4) is 11.5 Å².